The van der Waals surface area contributed by atoms with Gasteiger partial charge in [-0.05, 0) is 99.5 Å². The molecule has 0 aromatic heterocycles. The first kappa shape index (κ1) is 24.7. The van der Waals surface area contributed by atoms with Crippen LogP contribution in [0.25, 0.3) is 0 Å². The molecule has 184 valence electrons. The minimum absolute atomic E-state index is 0.0645. The smallest absolute Gasteiger partial charge is 0.262 e. The monoisotopic (exact) mass is 485 g/mol. The van der Waals surface area contributed by atoms with E-state index in [1.165, 1.54) is 0 Å². The molecule has 34 heavy (non-hydrogen) atoms. The highest BCUT2D eigenvalue weighted by atomic mass is 32.2. The van der Waals surface area contributed by atoms with Crippen molar-refractivity contribution in [2.24, 2.45) is 0 Å². The molecule has 0 spiro atoms. The van der Waals surface area contributed by atoms with E-state index in [9.17, 15) is 13.2 Å². The summed E-state index contributed by atoms with van der Waals surface area (Å²) in [6.45, 7) is 13.5. The number of hydrogen-bond donors (Lipinski definition) is 2. The number of nitrogens with zero attached hydrogens (tertiary/aromatic N) is 1. The lowest BCUT2D eigenvalue weighted by atomic mass is 9.95. The zero-order valence-corrected chi connectivity index (χ0v) is 21.6. The number of rotatable bonds is 7. The van der Waals surface area contributed by atoms with Crippen molar-refractivity contribution < 1.29 is 17.9 Å². The number of amides is 1. The predicted molar refractivity (Wildman–Crippen MR) is 134 cm³/mol. The topological polar surface area (TPSA) is 87.7 Å². The van der Waals surface area contributed by atoms with Crippen LogP contribution < -0.4 is 10.0 Å². The van der Waals surface area contributed by atoms with Gasteiger partial charge in [0, 0.05) is 36.4 Å². The minimum Gasteiger partial charge on any atom is -0.379 e. The average molecular weight is 486 g/mol. The highest BCUT2D eigenvalue weighted by molar-refractivity contribution is 7.92. The van der Waals surface area contributed by atoms with Gasteiger partial charge in [0.25, 0.3) is 15.9 Å². The van der Waals surface area contributed by atoms with E-state index in [4.69, 9.17) is 4.74 Å². The number of hydrogen-bond acceptors (Lipinski definition) is 5. The van der Waals surface area contributed by atoms with Crippen molar-refractivity contribution in [2.75, 3.05) is 37.6 Å². The molecule has 2 aromatic carbocycles. The van der Waals surface area contributed by atoms with Gasteiger partial charge >= 0.3 is 0 Å². The van der Waals surface area contributed by atoms with Crippen molar-refractivity contribution in [1.82, 2.24) is 10.2 Å². The van der Waals surface area contributed by atoms with Gasteiger partial charge in [0.05, 0.1) is 18.1 Å². The number of sulfonamides is 1. The second-order valence-electron chi connectivity index (χ2n) is 9.64. The van der Waals surface area contributed by atoms with Crippen molar-refractivity contribution in [2.45, 2.75) is 57.9 Å². The molecule has 4 rings (SSSR count). The fourth-order valence-electron chi connectivity index (χ4n) is 4.90. The van der Waals surface area contributed by atoms with Gasteiger partial charge in [-0.3, -0.25) is 14.4 Å². The summed E-state index contributed by atoms with van der Waals surface area (Å²) in [5.41, 5.74) is 5.62. The van der Waals surface area contributed by atoms with E-state index in [0.29, 0.717) is 22.7 Å². The van der Waals surface area contributed by atoms with Crippen LogP contribution in [0.1, 0.15) is 51.0 Å². The SMILES string of the molecule is Cc1c(C)c(C)c(S(=O)(=O)Nc2ccc(C(=O)NCC3(N4CCOCC4)CC3)cc2)c(C)c1C. The first-order valence-corrected chi connectivity index (χ1v) is 13.3. The molecule has 2 aliphatic rings. The second kappa shape index (κ2) is 9.32. The Balaban J connectivity index is 1.43. The van der Waals surface area contributed by atoms with E-state index in [1.54, 1.807) is 24.3 Å². The molecule has 0 atom stereocenters. The molecule has 1 saturated carbocycles. The summed E-state index contributed by atoms with van der Waals surface area (Å²) in [7, 11) is -3.77. The lowest BCUT2D eigenvalue weighted by Gasteiger charge is -2.35. The number of benzene rings is 2. The molecule has 1 aliphatic carbocycles. The van der Waals surface area contributed by atoms with Gasteiger partial charge in [0.2, 0.25) is 0 Å². The Bertz CT molecular complexity index is 1170. The van der Waals surface area contributed by atoms with Gasteiger partial charge in [0.1, 0.15) is 0 Å². The molecule has 0 radical (unpaired) electrons. The highest BCUT2D eigenvalue weighted by Gasteiger charge is 2.48. The molecule has 1 saturated heterocycles. The average Bonchev–Trinajstić information content (AvgIpc) is 3.62. The lowest BCUT2D eigenvalue weighted by molar-refractivity contribution is 0.00976. The van der Waals surface area contributed by atoms with Crippen molar-refractivity contribution in [3.63, 3.8) is 0 Å². The maximum absolute atomic E-state index is 13.2. The van der Waals surface area contributed by atoms with Crippen molar-refractivity contribution in [3.8, 4) is 0 Å². The van der Waals surface area contributed by atoms with Gasteiger partial charge in [-0.1, -0.05) is 0 Å². The minimum atomic E-state index is -3.77. The van der Waals surface area contributed by atoms with E-state index in [0.717, 1.165) is 67.0 Å². The largest absolute Gasteiger partial charge is 0.379 e. The van der Waals surface area contributed by atoms with Crippen LogP contribution >= 0.6 is 0 Å². The Hall–Kier alpha value is -2.42. The van der Waals surface area contributed by atoms with Crippen LogP contribution in [0.15, 0.2) is 29.2 Å². The van der Waals surface area contributed by atoms with Crippen molar-refractivity contribution in [3.05, 3.63) is 57.6 Å². The van der Waals surface area contributed by atoms with Crippen LogP contribution in [0.5, 0.6) is 0 Å². The number of anilines is 1. The first-order valence-electron chi connectivity index (χ1n) is 11.9. The molecule has 2 fully saturated rings. The summed E-state index contributed by atoms with van der Waals surface area (Å²) in [6, 6.07) is 6.60. The Kier molecular flexibility index (Phi) is 6.77. The van der Waals surface area contributed by atoms with Gasteiger partial charge in [0.15, 0.2) is 0 Å². The summed E-state index contributed by atoms with van der Waals surface area (Å²) in [5, 5.41) is 3.07. The van der Waals surface area contributed by atoms with Crippen molar-refractivity contribution >= 4 is 21.6 Å². The summed E-state index contributed by atoms with van der Waals surface area (Å²) in [4.78, 5) is 15.5. The molecule has 8 heteroatoms. The van der Waals surface area contributed by atoms with E-state index >= 15 is 0 Å². The maximum Gasteiger partial charge on any atom is 0.262 e. The van der Waals surface area contributed by atoms with Crippen LogP contribution in [0.2, 0.25) is 0 Å². The number of ether oxygens (including phenoxy) is 1. The van der Waals surface area contributed by atoms with Crippen LogP contribution in [0.3, 0.4) is 0 Å². The Morgan fingerprint density at radius 1 is 0.912 bits per heavy atom. The third-order valence-electron chi connectivity index (χ3n) is 7.69. The van der Waals surface area contributed by atoms with Gasteiger partial charge in [-0.25, -0.2) is 8.42 Å². The molecule has 1 aliphatic heterocycles. The Morgan fingerprint density at radius 3 is 1.97 bits per heavy atom. The van der Waals surface area contributed by atoms with E-state index in [2.05, 4.69) is 14.9 Å². The predicted octanol–water partition coefficient (Wildman–Crippen LogP) is 3.62. The quantitative estimate of drug-likeness (QED) is 0.625. The van der Waals surface area contributed by atoms with Crippen LogP contribution in [-0.4, -0.2) is 57.6 Å². The molecule has 1 amide bonds. The fraction of sp³-hybridized carbons (Fsp3) is 0.500. The molecular formula is C26H35N3O4S. The zero-order valence-electron chi connectivity index (χ0n) is 20.7. The lowest BCUT2D eigenvalue weighted by Crippen LogP contribution is -2.50. The number of nitrogens with one attached hydrogen (secondary N) is 2. The van der Waals surface area contributed by atoms with E-state index < -0.39 is 10.0 Å². The summed E-state index contributed by atoms with van der Waals surface area (Å²) in [5.74, 6) is -0.148. The van der Waals surface area contributed by atoms with Gasteiger partial charge in [-0.15, -0.1) is 0 Å². The number of carbonyl (C=O) groups is 1. The van der Waals surface area contributed by atoms with Gasteiger partial charge in [-0.2, -0.15) is 0 Å². The normalized spacial score (nSPS) is 17.9. The summed E-state index contributed by atoms with van der Waals surface area (Å²) < 4.78 is 34.6. The van der Waals surface area contributed by atoms with Crippen LogP contribution in [0.4, 0.5) is 5.69 Å². The summed E-state index contributed by atoms with van der Waals surface area (Å²) in [6.07, 6.45) is 2.18. The van der Waals surface area contributed by atoms with E-state index in [-0.39, 0.29) is 11.4 Å². The second-order valence-corrected chi connectivity index (χ2v) is 11.3. The molecule has 2 aromatic rings. The standard InChI is InChI=1S/C26H35N3O4S/c1-17-18(2)20(4)24(21(5)19(17)3)34(31,32)28-23-8-6-22(7-9-23)25(30)27-16-26(10-11-26)29-12-14-33-15-13-29/h6-9,28H,10-16H2,1-5H3,(H,27,30). The third kappa shape index (κ3) is 4.72. The Morgan fingerprint density at radius 2 is 1.44 bits per heavy atom. The fourth-order valence-corrected chi connectivity index (χ4v) is 6.56. The third-order valence-corrected chi connectivity index (χ3v) is 9.34. The van der Waals surface area contributed by atoms with Crippen LogP contribution in [-0.2, 0) is 14.8 Å². The zero-order chi connectivity index (χ0) is 24.7. The molecule has 1 heterocycles. The molecule has 0 bridgehead atoms. The molecule has 0 unspecified atom stereocenters. The van der Waals surface area contributed by atoms with Crippen molar-refractivity contribution in [1.29, 1.82) is 0 Å². The summed E-state index contributed by atoms with van der Waals surface area (Å²) >= 11 is 0. The van der Waals surface area contributed by atoms with Crippen LogP contribution in [0, 0.1) is 34.6 Å². The first-order chi connectivity index (χ1) is 16.1. The number of morpholine rings is 1. The highest BCUT2D eigenvalue weighted by Crippen LogP contribution is 2.41. The maximum atomic E-state index is 13.2. The molecular weight excluding hydrogens is 450 g/mol. The van der Waals surface area contributed by atoms with E-state index in [1.807, 2.05) is 34.6 Å². The molecule has 7 nitrogen and oxygen atoms in total. The number of carbonyl (C=O) groups excluding carboxylic acids is 1. The Labute approximate surface area is 202 Å². The molecule has 2 N–H and O–H groups in total. The van der Waals surface area contributed by atoms with Gasteiger partial charge < -0.3 is 10.1 Å².